The fourth-order valence-electron chi connectivity index (χ4n) is 2.86. The maximum absolute atomic E-state index is 14.7. The Kier molecular flexibility index (Phi) is 5.05. The number of nitrogens with zero attached hydrogens (tertiary/aromatic N) is 4. The van der Waals surface area contributed by atoms with E-state index in [-0.39, 0.29) is 24.4 Å². The zero-order chi connectivity index (χ0) is 19.0. The van der Waals surface area contributed by atoms with Gasteiger partial charge in [0.1, 0.15) is 0 Å². The van der Waals surface area contributed by atoms with Gasteiger partial charge < -0.3 is 15.2 Å². The van der Waals surface area contributed by atoms with E-state index in [1.54, 1.807) is 27.8 Å². The summed E-state index contributed by atoms with van der Waals surface area (Å²) in [6.07, 6.45) is -1.46. The van der Waals surface area contributed by atoms with Crippen molar-refractivity contribution in [1.82, 2.24) is 19.5 Å². The number of ether oxygens (including phenoxy) is 1. The summed E-state index contributed by atoms with van der Waals surface area (Å²) in [5.74, 6) is -0.424. The fraction of sp³-hybridized carbons (Fsp3) is 0.625. The van der Waals surface area contributed by atoms with Crippen molar-refractivity contribution >= 4 is 28.8 Å². The first kappa shape index (κ1) is 18.5. The molecule has 2 aromatic heterocycles. The summed E-state index contributed by atoms with van der Waals surface area (Å²) in [5.41, 5.74) is 0.771. The summed E-state index contributed by atoms with van der Waals surface area (Å²) >= 11 is 0. The smallest absolute Gasteiger partial charge is 0.233 e. The lowest BCUT2D eigenvalue weighted by Crippen LogP contribution is -2.22. The number of hydrogen-bond donors (Lipinski definition) is 3. The highest BCUT2D eigenvalue weighted by atomic mass is 19.1. The number of rotatable bonds is 5. The molecule has 0 radical (unpaired) electrons. The number of nitrogens with one attached hydrogen (secondary N) is 2. The molecule has 1 aliphatic heterocycles. The normalized spacial score (nSPS) is 25.8. The van der Waals surface area contributed by atoms with Gasteiger partial charge >= 0.3 is 0 Å². The molecule has 0 aromatic carbocycles. The molecule has 0 bridgehead atoms. The largest absolute Gasteiger partial charge is 0.394 e. The molecule has 0 saturated carbocycles. The molecule has 9 nitrogen and oxygen atoms in total. The van der Waals surface area contributed by atoms with E-state index in [4.69, 9.17) is 4.74 Å². The van der Waals surface area contributed by atoms with Crippen LogP contribution < -0.4 is 10.6 Å². The first-order valence-electron chi connectivity index (χ1n) is 8.51. The zero-order valence-electron chi connectivity index (χ0n) is 15.1. The van der Waals surface area contributed by atoms with Crippen LogP contribution in [0.15, 0.2) is 6.33 Å². The summed E-state index contributed by atoms with van der Waals surface area (Å²) in [7, 11) is 1.67. The van der Waals surface area contributed by atoms with E-state index in [0.717, 1.165) is 0 Å². The Morgan fingerprint density at radius 3 is 2.77 bits per heavy atom. The van der Waals surface area contributed by atoms with Gasteiger partial charge in [0.15, 0.2) is 29.4 Å². The fourth-order valence-corrected chi connectivity index (χ4v) is 2.86. The number of carbonyl (C=O) groups is 1. The molecule has 3 heterocycles. The van der Waals surface area contributed by atoms with Crippen molar-refractivity contribution < 1.29 is 19.0 Å². The van der Waals surface area contributed by atoms with E-state index in [2.05, 4.69) is 25.6 Å². The van der Waals surface area contributed by atoms with Crippen LogP contribution in [0.3, 0.4) is 0 Å². The number of aliphatic hydroxyl groups is 1. The van der Waals surface area contributed by atoms with Crippen molar-refractivity contribution in [2.24, 2.45) is 11.8 Å². The molecule has 26 heavy (non-hydrogen) atoms. The molecule has 1 fully saturated rings. The topological polar surface area (TPSA) is 114 Å². The van der Waals surface area contributed by atoms with E-state index in [0.29, 0.717) is 17.0 Å². The highest BCUT2D eigenvalue weighted by Gasteiger charge is 2.43. The molecule has 142 valence electrons. The lowest BCUT2D eigenvalue weighted by Gasteiger charge is -2.16. The van der Waals surface area contributed by atoms with Gasteiger partial charge in [-0.3, -0.25) is 14.7 Å². The average molecular weight is 366 g/mol. The van der Waals surface area contributed by atoms with Crippen molar-refractivity contribution in [3.8, 4) is 0 Å². The van der Waals surface area contributed by atoms with Gasteiger partial charge in [0.05, 0.1) is 19.0 Å². The maximum Gasteiger partial charge on any atom is 0.233 e. The second-order valence-corrected chi connectivity index (χ2v) is 6.67. The van der Waals surface area contributed by atoms with Gasteiger partial charge in [0.25, 0.3) is 0 Å². The van der Waals surface area contributed by atoms with Crippen LogP contribution in [0.4, 0.5) is 16.2 Å². The van der Waals surface area contributed by atoms with Gasteiger partial charge in [-0.2, -0.15) is 9.97 Å². The second-order valence-electron chi connectivity index (χ2n) is 6.67. The first-order chi connectivity index (χ1) is 12.4. The molecule has 1 aliphatic rings. The highest BCUT2D eigenvalue weighted by Crippen LogP contribution is 2.37. The molecule has 3 N–H and O–H groups in total. The monoisotopic (exact) mass is 366 g/mol. The Labute approximate surface area is 150 Å². The highest BCUT2D eigenvalue weighted by molar-refractivity contribution is 5.92. The van der Waals surface area contributed by atoms with Crippen LogP contribution in [0, 0.1) is 11.8 Å². The number of hydrogen-bond acceptors (Lipinski definition) is 7. The van der Waals surface area contributed by atoms with Crippen LogP contribution >= 0.6 is 0 Å². The molecular weight excluding hydrogens is 343 g/mol. The van der Waals surface area contributed by atoms with Crippen LogP contribution in [-0.4, -0.2) is 56.5 Å². The molecule has 1 saturated heterocycles. The molecule has 10 heteroatoms. The molecule has 0 aliphatic carbocycles. The van der Waals surface area contributed by atoms with Crippen LogP contribution in [0.5, 0.6) is 0 Å². The van der Waals surface area contributed by atoms with Gasteiger partial charge in [-0.05, 0) is 0 Å². The number of alkyl halides is 1. The third kappa shape index (κ3) is 3.10. The van der Waals surface area contributed by atoms with Gasteiger partial charge in [-0.1, -0.05) is 20.8 Å². The van der Waals surface area contributed by atoms with Gasteiger partial charge in [0, 0.05) is 18.9 Å². The van der Waals surface area contributed by atoms with E-state index in [9.17, 15) is 14.3 Å². The summed E-state index contributed by atoms with van der Waals surface area (Å²) in [5, 5.41) is 14.9. The number of anilines is 2. The summed E-state index contributed by atoms with van der Waals surface area (Å²) in [6, 6.07) is 0. The third-order valence-corrected chi connectivity index (χ3v) is 4.55. The number of fused-ring (bicyclic) bond motifs is 1. The first-order valence-corrected chi connectivity index (χ1v) is 8.51. The predicted molar refractivity (Wildman–Crippen MR) is 93.4 cm³/mol. The van der Waals surface area contributed by atoms with Crippen molar-refractivity contribution in [3.05, 3.63) is 6.33 Å². The molecule has 4 atom stereocenters. The standard InChI is InChI=1S/C16H23FN6O3/c1-7(2)14(25)22-16-20-12(18-4)11-13(21-16)23(6-19-11)15-10(17)8(3)9(5-24)26-15/h6-10,15,24H,5H2,1-4H3,(H2,18,20,21,22,25)/t8-,9-,10+,15-/m1/s1. The Morgan fingerprint density at radius 2 is 2.19 bits per heavy atom. The number of aliphatic hydroxyl groups excluding tert-OH is 1. The number of aromatic nitrogens is 4. The second kappa shape index (κ2) is 7.12. The third-order valence-electron chi connectivity index (χ3n) is 4.55. The summed E-state index contributed by atoms with van der Waals surface area (Å²) in [6.45, 7) is 4.94. The van der Waals surface area contributed by atoms with Crippen LogP contribution in [0.2, 0.25) is 0 Å². The van der Waals surface area contributed by atoms with Crippen molar-refractivity contribution in [2.45, 2.75) is 39.3 Å². The number of halogens is 1. The quantitative estimate of drug-likeness (QED) is 0.731. The zero-order valence-corrected chi connectivity index (χ0v) is 15.1. The van der Waals surface area contributed by atoms with Crippen molar-refractivity contribution in [2.75, 3.05) is 24.3 Å². The average Bonchev–Trinajstić information content (AvgIpc) is 3.15. The number of amides is 1. The van der Waals surface area contributed by atoms with Crippen LogP contribution in [-0.2, 0) is 9.53 Å². The molecule has 2 aromatic rings. The van der Waals surface area contributed by atoms with E-state index in [1.165, 1.54) is 10.9 Å². The summed E-state index contributed by atoms with van der Waals surface area (Å²) < 4.78 is 21.8. The summed E-state index contributed by atoms with van der Waals surface area (Å²) in [4.78, 5) is 24.8. The van der Waals surface area contributed by atoms with Crippen molar-refractivity contribution in [1.29, 1.82) is 0 Å². The van der Waals surface area contributed by atoms with Crippen molar-refractivity contribution in [3.63, 3.8) is 0 Å². The number of carbonyl (C=O) groups excluding carboxylic acids is 1. The van der Waals surface area contributed by atoms with E-state index < -0.39 is 24.4 Å². The molecule has 0 unspecified atom stereocenters. The van der Waals surface area contributed by atoms with Crippen LogP contribution in [0.25, 0.3) is 11.2 Å². The number of imidazole rings is 1. The Morgan fingerprint density at radius 1 is 1.46 bits per heavy atom. The molecular formula is C16H23FN6O3. The Hall–Kier alpha value is -2.33. The molecule has 3 rings (SSSR count). The van der Waals surface area contributed by atoms with E-state index in [1.807, 2.05) is 0 Å². The van der Waals surface area contributed by atoms with E-state index >= 15 is 0 Å². The Balaban J connectivity index is 2.03. The minimum absolute atomic E-state index is 0.0995. The minimum Gasteiger partial charge on any atom is -0.394 e. The molecule has 0 spiro atoms. The van der Waals surface area contributed by atoms with Gasteiger partial charge in [-0.25, -0.2) is 9.37 Å². The minimum atomic E-state index is -1.33. The lowest BCUT2D eigenvalue weighted by atomic mass is 10.0. The lowest BCUT2D eigenvalue weighted by molar-refractivity contribution is -0.118. The molecule has 1 amide bonds. The Bertz CT molecular complexity index is 811. The predicted octanol–water partition coefficient (Wildman–Crippen LogP) is 1.33. The maximum atomic E-state index is 14.7. The van der Waals surface area contributed by atoms with Gasteiger partial charge in [0.2, 0.25) is 11.9 Å². The SMILES string of the molecule is CNc1nc(NC(=O)C(C)C)nc2c1ncn2[C@@H]1O[C@H](CO)[C@@H](C)[C@@H]1F. The van der Waals surface area contributed by atoms with Crippen LogP contribution in [0.1, 0.15) is 27.0 Å². The van der Waals surface area contributed by atoms with Gasteiger partial charge in [-0.15, -0.1) is 0 Å².